The first-order valence-electron chi connectivity index (χ1n) is 14.9. The summed E-state index contributed by atoms with van der Waals surface area (Å²) in [6.07, 6.45) is 1.33. The molecule has 0 aromatic heterocycles. The van der Waals surface area contributed by atoms with Crippen molar-refractivity contribution in [1.29, 1.82) is 0 Å². The molecule has 10 heteroatoms. The second kappa shape index (κ2) is 17.6. The number of carbonyl (C=O) groups is 3. The fraction of sp³-hybridized carbons (Fsp3) is 0.545. The van der Waals surface area contributed by atoms with Gasteiger partial charge in [0.2, 0.25) is 0 Å². The van der Waals surface area contributed by atoms with Crippen LogP contribution in [-0.4, -0.2) is 94.9 Å². The largest absolute Gasteiger partial charge is 0.449 e. The van der Waals surface area contributed by atoms with Gasteiger partial charge >= 0.3 is 12.2 Å². The Morgan fingerprint density at radius 2 is 1.49 bits per heavy atom. The number of unbranched alkanes of at least 4 members (excludes halogenated alkanes) is 1. The van der Waals surface area contributed by atoms with Crippen molar-refractivity contribution in [2.45, 2.75) is 57.6 Å². The van der Waals surface area contributed by atoms with Gasteiger partial charge in [-0.05, 0) is 62.3 Å². The third-order valence-corrected chi connectivity index (χ3v) is 6.97. The third kappa shape index (κ3) is 11.3. The number of methoxy groups -OCH3 is 1. The fourth-order valence-corrected chi connectivity index (χ4v) is 4.89. The van der Waals surface area contributed by atoms with Crippen molar-refractivity contribution in [3.63, 3.8) is 0 Å². The second-order valence-corrected chi connectivity index (χ2v) is 11.4. The summed E-state index contributed by atoms with van der Waals surface area (Å²) in [5.74, 6) is -0.0566. The summed E-state index contributed by atoms with van der Waals surface area (Å²) in [6, 6.07) is 15.6. The van der Waals surface area contributed by atoms with E-state index in [-0.39, 0.29) is 12.5 Å². The van der Waals surface area contributed by atoms with Crippen molar-refractivity contribution in [3.05, 3.63) is 59.7 Å². The molecular formula is C33H46N2O8. The maximum Gasteiger partial charge on any atom is 0.410 e. The Kier molecular flexibility index (Phi) is 13.9. The smallest absolute Gasteiger partial charge is 0.410 e. The molecule has 0 spiro atoms. The van der Waals surface area contributed by atoms with Crippen molar-refractivity contribution >= 4 is 18.5 Å². The molecule has 1 N–H and O–H groups in total. The first-order chi connectivity index (χ1) is 20.7. The van der Waals surface area contributed by atoms with Crippen molar-refractivity contribution in [2.75, 3.05) is 59.8 Å². The van der Waals surface area contributed by atoms with Crippen LogP contribution in [0.2, 0.25) is 0 Å². The van der Waals surface area contributed by atoms with Gasteiger partial charge in [0.25, 0.3) is 0 Å². The summed E-state index contributed by atoms with van der Waals surface area (Å²) < 4.78 is 27.1. The third-order valence-electron chi connectivity index (χ3n) is 6.97. The Hall–Kier alpha value is -3.47. The lowest BCUT2D eigenvalue weighted by Crippen LogP contribution is -2.40. The van der Waals surface area contributed by atoms with Crippen LogP contribution in [0.3, 0.4) is 0 Å². The van der Waals surface area contributed by atoms with Crippen molar-refractivity contribution in [1.82, 2.24) is 10.2 Å². The first kappa shape index (κ1) is 34.0. The zero-order chi connectivity index (χ0) is 31.1. The van der Waals surface area contributed by atoms with Crippen molar-refractivity contribution < 1.29 is 38.1 Å². The van der Waals surface area contributed by atoms with E-state index in [1.807, 2.05) is 45.0 Å². The Morgan fingerprint density at radius 3 is 2.09 bits per heavy atom. The zero-order valence-corrected chi connectivity index (χ0v) is 25.8. The number of benzene rings is 2. The topological polar surface area (TPSA) is 113 Å². The molecule has 0 aliphatic heterocycles. The van der Waals surface area contributed by atoms with Gasteiger partial charge in [-0.2, -0.15) is 0 Å². The molecule has 1 aliphatic carbocycles. The molecule has 0 heterocycles. The van der Waals surface area contributed by atoms with E-state index in [2.05, 4.69) is 29.6 Å². The molecule has 0 saturated carbocycles. The van der Waals surface area contributed by atoms with E-state index in [1.165, 1.54) is 0 Å². The van der Waals surface area contributed by atoms with E-state index in [0.29, 0.717) is 65.4 Å². The van der Waals surface area contributed by atoms with Gasteiger partial charge in [-0.25, -0.2) is 9.59 Å². The minimum atomic E-state index is -0.688. The number of amides is 2. The molecule has 0 unspecified atom stereocenters. The summed E-state index contributed by atoms with van der Waals surface area (Å²) in [5.41, 5.74) is 3.92. The normalized spacial score (nSPS) is 13.1. The molecule has 0 radical (unpaired) electrons. The lowest BCUT2D eigenvalue weighted by atomic mass is 9.98. The highest BCUT2D eigenvalue weighted by molar-refractivity contribution is 5.79. The first-order valence-corrected chi connectivity index (χ1v) is 14.9. The molecule has 3 rings (SSSR count). The van der Waals surface area contributed by atoms with Gasteiger partial charge in [-0.15, -0.1) is 0 Å². The summed E-state index contributed by atoms with van der Waals surface area (Å²) >= 11 is 0. The van der Waals surface area contributed by atoms with E-state index in [1.54, 1.807) is 12.0 Å². The molecule has 10 nitrogen and oxygen atoms in total. The van der Waals surface area contributed by atoms with Gasteiger partial charge in [0.1, 0.15) is 18.5 Å². The molecule has 0 saturated heterocycles. The number of fused-ring (bicyclic) bond motifs is 3. The molecule has 2 aromatic carbocycles. The standard InChI is InChI=1S/C33H46N2O8/c1-33(2,3)43-32(38)35(17-18-40-21-22-41-20-19-39-4)16-10-9-11-25(23-36)34-31(37)42-24-30-28-14-7-5-12-26(28)27-13-6-8-15-29(27)30/h5-8,12-15,23,25,30H,9-11,16-22,24H2,1-4H3,(H,34,37)/t25-/m0/s1. The monoisotopic (exact) mass is 598 g/mol. The summed E-state index contributed by atoms with van der Waals surface area (Å²) in [6.45, 7) is 8.66. The average Bonchev–Trinajstić information content (AvgIpc) is 3.30. The van der Waals surface area contributed by atoms with Crippen LogP contribution in [0, 0.1) is 0 Å². The lowest BCUT2D eigenvalue weighted by molar-refractivity contribution is -0.109. The van der Waals surface area contributed by atoms with Crippen LogP contribution in [0.15, 0.2) is 48.5 Å². The highest BCUT2D eigenvalue weighted by atomic mass is 16.6. The minimum Gasteiger partial charge on any atom is -0.449 e. The van der Waals surface area contributed by atoms with Gasteiger partial charge in [0.05, 0.1) is 39.1 Å². The molecule has 2 amide bonds. The van der Waals surface area contributed by atoms with Crippen molar-refractivity contribution in [3.8, 4) is 11.1 Å². The van der Waals surface area contributed by atoms with Crippen LogP contribution >= 0.6 is 0 Å². The predicted octanol–water partition coefficient (Wildman–Crippen LogP) is 5.18. The Bertz CT molecular complexity index is 1120. The van der Waals surface area contributed by atoms with Crippen molar-refractivity contribution in [2.24, 2.45) is 0 Å². The van der Waals surface area contributed by atoms with Gasteiger partial charge in [0.15, 0.2) is 0 Å². The number of nitrogens with zero attached hydrogens (tertiary/aromatic N) is 1. The quantitative estimate of drug-likeness (QED) is 0.185. The number of ether oxygens (including phenoxy) is 5. The molecule has 1 aliphatic rings. The molecule has 43 heavy (non-hydrogen) atoms. The van der Waals surface area contributed by atoms with Crippen LogP contribution in [0.25, 0.3) is 11.1 Å². The number of aldehydes is 1. The number of hydrogen-bond acceptors (Lipinski definition) is 8. The summed E-state index contributed by atoms with van der Waals surface area (Å²) in [4.78, 5) is 38.7. The maximum absolute atomic E-state index is 12.7. The Morgan fingerprint density at radius 1 is 0.884 bits per heavy atom. The molecule has 0 bridgehead atoms. The van der Waals surface area contributed by atoms with Gasteiger partial charge in [0, 0.05) is 26.1 Å². The van der Waals surface area contributed by atoms with Gasteiger partial charge in [-0.3, -0.25) is 0 Å². The molecule has 2 aromatic rings. The van der Waals surface area contributed by atoms with Crippen LogP contribution in [0.1, 0.15) is 57.1 Å². The SMILES string of the molecule is COCCOCCOCCN(CCCC[C@@H](C=O)NC(=O)OCC1c2ccccc2-c2ccccc21)C(=O)OC(C)(C)C. The molecule has 236 valence electrons. The maximum atomic E-state index is 12.7. The van der Waals surface area contributed by atoms with E-state index in [0.717, 1.165) is 28.5 Å². The highest BCUT2D eigenvalue weighted by Crippen LogP contribution is 2.44. The number of hydrogen-bond donors (Lipinski definition) is 1. The lowest BCUT2D eigenvalue weighted by Gasteiger charge is -2.27. The zero-order valence-electron chi connectivity index (χ0n) is 25.8. The number of alkyl carbamates (subject to hydrolysis) is 1. The molecule has 0 fully saturated rings. The van der Waals surface area contributed by atoms with E-state index in [9.17, 15) is 14.4 Å². The number of nitrogens with one attached hydrogen (secondary N) is 1. The van der Waals surface area contributed by atoms with Crippen LogP contribution < -0.4 is 5.32 Å². The van der Waals surface area contributed by atoms with Gasteiger partial charge in [-0.1, -0.05) is 48.5 Å². The number of carbonyl (C=O) groups excluding carboxylic acids is 3. The van der Waals surface area contributed by atoms with E-state index in [4.69, 9.17) is 23.7 Å². The second-order valence-electron chi connectivity index (χ2n) is 11.4. The van der Waals surface area contributed by atoms with E-state index < -0.39 is 23.8 Å². The Balaban J connectivity index is 1.41. The van der Waals surface area contributed by atoms with Crippen LogP contribution in [0.5, 0.6) is 0 Å². The van der Waals surface area contributed by atoms with E-state index >= 15 is 0 Å². The fourth-order valence-electron chi connectivity index (χ4n) is 4.89. The molecular weight excluding hydrogens is 552 g/mol. The highest BCUT2D eigenvalue weighted by Gasteiger charge is 2.29. The predicted molar refractivity (Wildman–Crippen MR) is 163 cm³/mol. The minimum absolute atomic E-state index is 0.0566. The molecule has 1 atom stereocenters. The average molecular weight is 599 g/mol. The van der Waals surface area contributed by atoms with Crippen LogP contribution in [0.4, 0.5) is 9.59 Å². The number of rotatable bonds is 18. The summed E-state index contributed by atoms with van der Waals surface area (Å²) in [5, 5.41) is 2.67. The Labute approximate surface area is 255 Å². The van der Waals surface area contributed by atoms with Gasteiger partial charge < -0.3 is 38.7 Å². The van der Waals surface area contributed by atoms with Crippen LogP contribution in [-0.2, 0) is 28.5 Å². The summed E-state index contributed by atoms with van der Waals surface area (Å²) in [7, 11) is 1.62.